The number of aliphatic hydroxyl groups excluding tert-OH is 4. The van der Waals surface area contributed by atoms with E-state index in [1.54, 1.807) is 12.1 Å². The van der Waals surface area contributed by atoms with E-state index >= 15 is 0 Å². The third-order valence-corrected chi connectivity index (χ3v) is 3.12. The van der Waals surface area contributed by atoms with Crippen molar-refractivity contribution in [1.82, 2.24) is 0 Å². The van der Waals surface area contributed by atoms with E-state index in [2.05, 4.69) is 0 Å². The van der Waals surface area contributed by atoms with E-state index in [0.29, 0.717) is 5.75 Å². The van der Waals surface area contributed by atoms with Crippen molar-refractivity contribution in [2.24, 2.45) is 0 Å². The van der Waals surface area contributed by atoms with Crippen LogP contribution in [-0.2, 0) is 4.74 Å². The third kappa shape index (κ3) is 3.05. The standard InChI is InChI=1S/C13H18O6/c1-7-2-4-8(5-3-7)18-13-12(17)11(16)10(15)9(6-14)19-13/h2-5,9-17H,6H2,1H3/t9?,10-,11-,12+,13?/m0/s1. The lowest BCUT2D eigenvalue weighted by Crippen LogP contribution is -2.60. The van der Waals surface area contributed by atoms with Crippen LogP contribution in [0.5, 0.6) is 5.75 Å². The number of benzene rings is 1. The van der Waals surface area contributed by atoms with Crippen molar-refractivity contribution in [3.63, 3.8) is 0 Å². The van der Waals surface area contributed by atoms with Gasteiger partial charge in [-0.1, -0.05) is 17.7 Å². The van der Waals surface area contributed by atoms with Gasteiger partial charge in [0.05, 0.1) is 6.61 Å². The molecule has 0 saturated carbocycles. The van der Waals surface area contributed by atoms with Crippen LogP contribution in [0.25, 0.3) is 0 Å². The second-order valence-corrected chi connectivity index (χ2v) is 4.63. The Hall–Kier alpha value is -1.18. The molecule has 1 fully saturated rings. The molecule has 4 N–H and O–H groups in total. The Kier molecular flexibility index (Phi) is 4.38. The number of hydrogen-bond donors (Lipinski definition) is 4. The SMILES string of the molecule is Cc1ccc(OC2OC(CO)[C@H](O)[C@H](O)[C@H]2O)cc1. The molecule has 1 heterocycles. The molecule has 0 amide bonds. The van der Waals surface area contributed by atoms with Gasteiger partial charge in [0.25, 0.3) is 0 Å². The van der Waals surface area contributed by atoms with Crippen LogP contribution in [-0.4, -0.2) is 57.7 Å². The maximum Gasteiger partial charge on any atom is 0.229 e. The van der Waals surface area contributed by atoms with Gasteiger partial charge in [0.2, 0.25) is 6.29 Å². The highest BCUT2D eigenvalue weighted by molar-refractivity contribution is 5.26. The van der Waals surface area contributed by atoms with Gasteiger partial charge < -0.3 is 29.9 Å². The van der Waals surface area contributed by atoms with Crippen LogP contribution in [0.4, 0.5) is 0 Å². The summed E-state index contributed by atoms with van der Waals surface area (Å²) in [5, 5.41) is 38.1. The first-order valence-corrected chi connectivity index (χ1v) is 6.07. The molecule has 1 aliphatic heterocycles. The number of aliphatic hydroxyl groups is 4. The number of hydrogen-bond acceptors (Lipinski definition) is 6. The molecule has 0 aliphatic carbocycles. The van der Waals surface area contributed by atoms with Crippen molar-refractivity contribution in [2.75, 3.05) is 6.61 Å². The molecule has 2 rings (SSSR count). The summed E-state index contributed by atoms with van der Waals surface area (Å²) in [5.41, 5.74) is 1.06. The second kappa shape index (κ2) is 5.85. The van der Waals surface area contributed by atoms with Gasteiger partial charge in [0.1, 0.15) is 30.2 Å². The second-order valence-electron chi connectivity index (χ2n) is 4.63. The molecule has 0 bridgehead atoms. The average molecular weight is 270 g/mol. The number of ether oxygens (including phenoxy) is 2. The Bertz CT molecular complexity index is 404. The summed E-state index contributed by atoms with van der Waals surface area (Å²) in [4.78, 5) is 0. The summed E-state index contributed by atoms with van der Waals surface area (Å²) < 4.78 is 10.7. The Morgan fingerprint density at radius 2 is 1.68 bits per heavy atom. The van der Waals surface area contributed by atoms with Crippen molar-refractivity contribution in [2.45, 2.75) is 37.6 Å². The van der Waals surface area contributed by atoms with E-state index in [4.69, 9.17) is 14.6 Å². The van der Waals surface area contributed by atoms with Crippen molar-refractivity contribution in [3.05, 3.63) is 29.8 Å². The van der Waals surface area contributed by atoms with Gasteiger partial charge in [-0.15, -0.1) is 0 Å². The zero-order chi connectivity index (χ0) is 14.0. The third-order valence-electron chi connectivity index (χ3n) is 3.12. The molecule has 19 heavy (non-hydrogen) atoms. The van der Waals surface area contributed by atoms with Gasteiger partial charge >= 0.3 is 0 Å². The number of rotatable bonds is 3. The van der Waals surface area contributed by atoms with Crippen molar-refractivity contribution >= 4 is 0 Å². The minimum Gasteiger partial charge on any atom is -0.462 e. The zero-order valence-electron chi connectivity index (χ0n) is 10.5. The summed E-state index contributed by atoms with van der Waals surface area (Å²) >= 11 is 0. The zero-order valence-corrected chi connectivity index (χ0v) is 10.5. The lowest BCUT2D eigenvalue weighted by atomic mass is 9.99. The maximum absolute atomic E-state index is 9.80. The molecule has 2 unspecified atom stereocenters. The van der Waals surface area contributed by atoms with E-state index in [-0.39, 0.29) is 0 Å². The molecule has 1 aliphatic rings. The maximum atomic E-state index is 9.80. The van der Waals surface area contributed by atoms with Crippen LogP contribution in [0.3, 0.4) is 0 Å². The molecule has 106 valence electrons. The fraction of sp³-hybridized carbons (Fsp3) is 0.538. The topological polar surface area (TPSA) is 99.4 Å². The smallest absolute Gasteiger partial charge is 0.229 e. The minimum atomic E-state index is -1.43. The molecule has 1 aromatic carbocycles. The predicted octanol–water partition coefficient (Wildman–Crippen LogP) is -0.826. The van der Waals surface area contributed by atoms with E-state index in [9.17, 15) is 15.3 Å². The van der Waals surface area contributed by atoms with Crippen LogP contribution >= 0.6 is 0 Å². The molecule has 0 spiro atoms. The molecule has 0 radical (unpaired) electrons. The summed E-state index contributed by atoms with van der Waals surface area (Å²) in [7, 11) is 0. The first-order valence-electron chi connectivity index (χ1n) is 6.07. The van der Waals surface area contributed by atoms with Gasteiger partial charge in [-0.05, 0) is 19.1 Å². The summed E-state index contributed by atoms with van der Waals surface area (Å²) in [5.74, 6) is 0.468. The minimum absolute atomic E-state index is 0.468. The fourth-order valence-corrected chi connectivity index (χ4v) is 1.92. The molecule has 0 aromatic heterocycles. The summed E-state index contributed by atoms with van der Waals surface area (Å²) in [6.45, 7) is 1.45. The first kappa shape index (κ1) is 14.2. The highest BCUT2D eigenvalue weighted by Crippen LogP contribution is 2.24. The fourth-order valence-electron chi connectivity index (χ4n) is 1.92. The normalized spacial score (nSPS) is 35.1. The molecule has 5 atom stereocenters. The van der Waals surface area contributed by atoms with Gasteiger partial charge in [-0.2, -0.15) is 0 Å². The summed E-state index contributed by atoms with van der Waals surface area (Å²) in [6, 6.07) is 7.08. The number of aryl methyl sites for hydroxylation is 1. The Morgan fingerprint density at radius 3 is 2.26 bits per heavy atom. The molecule has 1 saturated heterocycles. The van der Waals surface area contributed by atoms with Crippen LogP contribution in [0.1, 0.15) is 5.56 Å². The molecular weight excluding hydrogens is 252 g/mol. The highest BCUT2D eigenvalue weighted by Gasteiger charge is 2.44. The van der Waals surface area contributed by atoms with Crippen LogP contribution in [0.15, 0.2) is 24.3 Å². The van der Waals surface area contributed by atoms with E-state index in [0.717, 1.165) is 5.56 Å². The van der Waals surface area contributed by atoms with E-state index < -0.39 is 37.3 Å². The van der Waals surface area contributed by atoms with Gasteiger partial charge in [0, 0.05) is 0 Å². The monoisotopic (exact) mass is 270 g/mol. The molecule has 6 nitrogen and oxygen atoms in total. The predicted molar refractivity (Wildman–Crippen MR) is 65.6 cm³/mol. The highest BCUT2D eigenvalue weighted by atomic mass is 16.7. The summed E-state index contributed by atoms with van der Waals surface area (Å²) in [6.07, 6.45) is -6.30. The van der Waals surface area contributed by atoms with E-state index in [1.165, 1.54) is 0 Å². The first-order chi connectivity index (χ1) is 9.02. The van der Waals surface area contributed by atoms with Crippen LogP contribution < -0.4 is 4.74 Å². The lowest BCUT2D eigenvalue weighted by molar-refractivity contribution is -0.277. The Morgan fingerprint density at radius 1 is 1.05 bits per heavy atom. The quantitative estimate of drug-likeness (QED) is 0.572. The van der Waals surface area contributed by atoms with Gasteiger partial charge in [-0.3, -0.25) is 0 Å². The van der Waals surface area contributed by atoms with Crippen molar-refractivity contribution in [3.8, 4) is 5.75 Å². The average Bonchev–Trinajstić information content (AvgIpc) is 2.42. The van der Waals surface area contributed by atoms with Gasteiger partial charge in [0.15, 0.2) is 0 Å². The molecule has 6 heteroatoms. The van der Waals surface area contributed by atoms with Crippen LogP contribution in [0.2, 0.25) is 0 Å². The van der Waals surface area contributed by atoms with Crippen molar-refractivity contribution < 1.29 is 29.9 Å². The van der Waals surface area contributed by atoms with E-state index in [1.807, 2.05) is 19.1 Å². The lowest BCUT2D eigenvalue weighted by Gasteiger charge is -2.39. The van der Waals surface area contributed by atoms with Crippen LogP contribution in [0, 0.1) is 6.92 Å². The van der Waals surface area contributed by atoms with Crippen molar-refractivity contribution in [1.29, 1.82) is 0 Å². The largest absolute Gasteiger partial charge is 0.462 e. The van der Waals surface area contributed by atoms with Gasteiger partial charge in [-0.25, -0.2) is 0 Å². The Labute approximate surface area is 110 Å². The Balaban J connectivity index is 2.08. The molecular formula is C13H18O6. The molecule has 1 aromatic rings.